The summed E-state index contributed by atoms with van der Waals surface area (Å²) in [6.07, 6.45) is 12.5. The van der Waals surface area contributed by atoms with E-state index < -0.39 is 0 Å². The van der Waals surface area contributed by atoms with Crippen LogP contribution in [-0.4, -0.2) is 42.2 Å². The van der Waals surface area contributed by atoms with E-state index in [1.165, 1.54) is 57.1 Å². The highest BCUT2D eigenvalue weighted by Crippen LogP contribution is 2.49. The number of anilines is 1. The SMILES string of the molecule is COc1ccc(OCC(=O)N(CC2CC3(CCCCCCC3)CS2)c2ccccn2)cc1. The van der Waals surface area contributed by atoms with Crippen molar-refractivity contribution in [2.24, 2.45) is 5.41 Å². The molecule has 1 atom stereocenters. The van der Waals surface area contributed by atoms with Gasteiger partial charge in [-0.25, -0.2) is 4.98 Å². The first-order valence-electron chi connectivity index (χ1n) is 11.8. The minimum Gasteiger partial charge on any atom is -0.497 e. The van der Waals surface area contributed by atoms with E-state index in [9.17, 15) is 4.79 Å². The van der Waals surface area contributed by atoms with Gasteiger partial charge < -0.3 is 9.47 Å². The summed E-state index contributed by atoms with van der Waals surface area (Å²) in [6, 6.07) is 13.0. The number of hydrogen-bond donors (Lipinski definition) is 0. The van der Waals surface area contributed by atoms with E-state index in [2.05, 4.69) is 4.98 Å². The van der Waals surface area contributed by atoms with Gasteiger partial charge in [0.15, 0.2) is 6.61 Å². The minimum absolute atomic E-state index is 0.00850. The number of benzene rings is 1. The maximum absolute atomic E-state index is 13.2. The fraction of sp³-hybridized carbons (Fsp3) is 0.538. The van der Waals surface area contributed by atoms with Crippen LogP contribution in [0.1, 0.15) is 51.4 Å². The molecular formula is C26H34N2O3S. The predicted octanol–water partition coefficient (Wildman–Crippen LogP) is 5.74. The number of nitrogens with zero attached hydrogens (tertiary/aromatic N) is 2. The number of carbonyl (C=O) groups excluding carboxylic acids is 1. The molecule has 1 aliphatic carbocycles. The van der Waals surface area contributed by atoms with Gasteiger partial charge in [0.05, 0.1) is 7.11 Å². The van der Waals surface area contributed by atoms with E-state index in [1.54, 1.807) is 13.3 Å². The topological polar surface area (TPSA) is 51.7 Å². The number of ether oxygens (including phenoxy) is 2. The Hall–Kier alpha value is -2.21. The molecule has 1 aliphatic heterocycles. The summed E-state index contributed by atoms with van der Waals surface area (Å²) in [5.41, 5.74) is 0.466. The van der Waals surface area contributed by atoms with E-state index in [0.717, 1.165) is 5.75 Å². The molecule has 2 aliphatic rings. The lowest BCUT2D eigenvalue weighted by Crippen LogP contribution is -2.40. The van der Waals surface area contributed by atoms with Crippen molar-refractivity contribution in [2.75, 3.05) is 30.9 Å². The maximum Gasteiger partial charge on any atom is 0.266 e. The summed E-state index contributed by atoms with van der Waals surface area (Å²) >= 11 is 2.05. The Kier molecular flexibility index (Phi) is 7.95. The molecule has 172 valence electrons. The van der Waals surface area contributed by atoms with Crippen LogP contribution in [0.4, 0.5) is 5.82 Å². The van der Waals surface area contributed by atoms with Crippen LogP contribution in [0, 0.1) is 5.41 Å². The Balaban J connectivity index is 1.41. The molecule has 2 fully saturated rings. The molecule has 0 bridgehead atoms. The van der Waals surface area contributed by atoms with Crippen molar-refractivity contribution in [3.8, 4) is 11.5 Å². The second-order valence-corrected chi connectivity index (χ2v) is 10.4. The van der Waals surface area contributed by atoms with Gasteiger partial charge in [-0.15, -0.1) is 0 Å². The van der Waals surface area contributed by atoms with Crippen molar-refractivity contribution < 1.29 is 14.3 Å². The standard InChI is InChI=1S/C26H34N2O3S/c1-30-21-10-12-22(13-11-21)31-19-25(29)28(24-9-5-8-16-27-24)18-23-17-26(20-32-23)14-6-3-2-4-7-15-26/h5,8-13,16,23H,2-4,6-7,14-15,17-20H2,1H3. The molecule has 4 rings (SSSR count). The number of carbonyl (C=O) groups is 1. The van der Waals surface area contributed by atoms with Crippen LogP contribution in [0.2, 0.25) is 0 Å². The van der Waals surface area contributed by atoms with Crippen LogP contribution in [-0.2, 0) is 4.79 Å². The summed E-state index contributed by atoms with van der Waals surface area (Å²) in [5, 5.41) is 0.446. The fourth-order valence-corrected chi connectivity index (χ4v) is 6.67. The van der Waals surface area contributed by atoms with Crippen LogP contribution in [0.3, 0.4) is 0 Å². The summed E-state index contributed by atoms with van der Waals surface area (Å²) in [4.78, 5) is 19.5. The summed E-state index contributed by atoms with van der Waals surface area (Å²) in [6.45, 7) is 0.680. The third-order valence-electron chi connectivity index (χ3n) is 6.73. The summed E-state index contributed by atoms with van der Waals surface area (Å²) in [5.74, 6) is 3.29. The number of pyridine rings is 1. The molecule has 1 amide bonds. The smallest absolute Gasteiger partial charge is 0.266 e. The molecule has 6 heteroatoms. The lowest BCUT2D eigenvalue weighted by Gasteiger charge is -2.31. The fourth-order valence-electron chi connectivity index (χ4n) is 4.95. The van der Waals surface area contributed by atoms with Crippen LogP contribution >= 0.6 is 11.8 Å². The molecule has 1 unspecified atom stereocenters. The van der Waals surface area contributed by atoms with Gasteiger partial charge >= 0.3 is 0 Å². The quantitative estimate of drug-likeness (QED) is 0.534. The Morgan fingerprint density at radius 1 is 1.06 bits per heavy atom. The average molecular weight is 455 g/mol. The second-order valence-electron chi connectivity index (χ2n) is 9.06. The molecule has 1 saturated carbocycles. The van der Waals surface area contributed by atoms with Crippen molar-refractivity contribution in [2.45, 2.75) is 56.6 Å². The van der Waals surface area contributed by atoms with Gasteiger partial charge in [0, 0.05) is 18.0 Å². The third kappa shape index (κ3) is 5.97. The van der Waals surface area contributed by atoms with Crippen molar-refractivity contribution in [3.05, 3.63) is 48.7 Å². The highest BCUT2D eigenvalue weighted by atomic mass is 32.2. The predicted molar refractivity (Wildman–Crippen MR) is 131 cm³/mol. The van der Waals surface area contributed by atoms with Crippen molar-refractivity contribution in [3.63, 3.8) is 0 Å². The Bertz CT molecular complexity index is 851. The number of amides is 1. The van der Waals surface area contributed by atoms with E-state index in [-0.39, 0.29) is 12.5 Å². The lowest BCUT2D eigenvalue weighted by molar-refractivity contribution is -0.120. The molecular weight excluding hydrogens is 420 g/mol. The van der Waals surface area contributed by atoms with Crippen LogP contribution < -0.4 is 14.4 Å². The van der Waals surface area contributed by atoms with Gasteiger partial charge in [-0.3, -0.25) is 9.69 Å². The number of rotatable bonds is 7. The minimum atomic E-state index is -0.0567. The van der Waals surface area contributed by atoms with Crippen molar-refractivity contribution >= 4 is 23.5 Å². The highest BCUT2D eigenvalue weighted by molar-refractivity contribution is 8.00. The zero-order valence-electron chi connectivity index (χ0n) is 19.0. The molecule has 0 radical (unpaired) electrons. The molecule has 1 aromatic heterocycles. The van der Waals surface area contributed by atoms with Crippen molar-refractivity contribution in [1.82, 2.24) is 4.98 Å². The van der Waals surface area contributed by atoms with Gasteiger partial charge in [0.2, 0.25) is 0 Å². The summed E-state index contributed by atoms with van der Waals surface area (Å²) in [7, 11) is 1.63. The highest BCUT2D eigenvalue weighted by Gasteiger charge is 2.40. The Labute approximate surface area is 195 Å². The molecule has 2 aromatic rings. The number of methoxy groups -OCH3 is 1. The van der Waals surface area contributed by atoms with E-state index in [1.807, 2.05) is 59.1 Å². The normalized spacial score (nSPS) is 20.3. The van der Waals surface area contributed by atoms with Gasteiger partial charge in [0.1, 0.15) is 17.3 Å². The summed E-state index contributed by atoms with van der Waals surface area (Å²) < 4.78 is 11.0. The monoisotopic (exact) mass is 454 g/mol. The molecule has 2 heterocycles. The van der Waals surface area contributed by atoms with Crippen LogP contribution in [0.15, 0.2) is 48.7 Å². The first-order valence-corrected chi connectivity index (χ1v) is 12.8. The Morgan fingerprint density at radius 2 is 1.78 bits per heavy atom. The molecule has 1 saturated heterocycles. The lowest BCUT2D eigenvalue weighted by atomic mass is 9.75. The molecule has 1 spiro atoms. The molecule has 1 aromatic carbocycles. The van der Waals surface area contributed by atoms with E-state index in [4.69, 9.17) is 9.47 Å². The Morgan fingerprint density at radius 3 is 2.47 bits per heavy atom. The second kappa shape index (κ2) is 11.1. The first kappa shape index (κ1) is 23.0. The molecule has 0 N–H and O–H groups in total. The number of thioether (sulfide) groups is 1. The van der Waals surface area contributed by atoms with E-state index >= 15 is 0 Å². The number of hydrogen-bond acceptors (Lipinski definition) is 5. The van der Waals surface area contributed by atoms with E-state index in [0.29, 0.717) is 28.8 Å². The largest absolute Gasteiger partial charge is 0.497 e. The number of aromatic nitrogens is 1. The van der Waals surface area contributed by atoms with Crippen LogP contribution in [0.25, 0.3) is 0 Å². The van der Waals surface area contributed by atoms with Crippen LogP contribution in [0.5, 0.6) is 11.5 Å². The van der Waals surface area contributed by atoms with Gasteiger partial charge in [-0.05, 0) is 66.8 Å². The zero-order valence-corrected chi connectivity index (χ0v) is 19.8. The van der Waals surface area contributed by atoms with Gasteiger partial charge in [-0.1, -0.05) is 38.2 Å². The third-order valence-corrected chi connectivity index (χ3v) is 8.30. The molecule has 32 heavy (non-hydrogen) atoms. The zero-order chi connectivity index (χ0) is 22.2. The van der Waals surface area contributed by atoms with Crippen molar-refractivity contribution in [1.29, 1.82) is 0 Å². The van der Waals surface area contributed by atoms with Gasteiger partial charge in [-0.2, -0.15) is 11.8 Å². The first-order chi connectivity index (χ1) is 15.7. The average Bonchev–Trinajstić information content (AvgIpc) is 3.23. The maximum atomic E-state index is 13.2. The molecule has 5 nitrogen and oxygen atoms in total. The van der Waals surface area contributed by atoms with Gasteiger partial charge in [0.25, 0.3) is 5.91 Å².